The monoisotopic (exact) mass is 442 g/mol. The molecule has 1 aliphatic heterocycles. The second-order valence-corrected chi connectivity index (χ2v) is 6.42. The van der Waals surface area contributed by atoms with Crippen LogP contribution in [0, 0.1) is 0 Å². The lowest BCUT2D eigenvalue weighted by atomic mass is 10.1. The first-order valence-electron chi connectivity index (χ1n) is 9.64. The fraction of sp³-hybridized carbons (Fsp3) is 0.273. The summed E-state index contributed by atoms with van der Waals surface area (Å²) in [5.41, 5.74) is 0.989. The van der Waals surface area contributed by atoms with Gasteiger partial charge in [-0.3, -0.25) is 0 Å². The predicted molar refractivity (Wildman–Crippen MR) is 111 cm³/mol. The van der Waals surface area contributed by atoms with Gasteiger partial charge >= 0.3 is 17.9 Å². The van der Waals surface area contributed by atoms with Crippen LogP contribution < -0.4 is 9.64 Å². The van der Waals surface area contributed by atoms with E-state index in [1.165, 1.54) is 37.4 Å². The molecular weight excluding hydrogens is 420 g/mol. The van der Waals surface area contributed by atoms with E-state index in [0.717, 1.165) is 0 Å². The van der Waals surface area contributed by atoms with Crippen molar-refractivity contribution >= 4 is 23.6 Å². The molecule has 0 amide bonds. The Hall–Kier alpha value is -3.92. The van der Waals surface area contributed by atoms with E-state index in [9.17, 15) is 14.4 Å². The number of aromatic nitrogens is 1. The zero-order valence-corrected chi connectivity index (χ0v) is 17.8. The Balaban J connectivity index is 1.83. The van der Waals surface area contributed by atoms with Crippen molar-refractivity contribution in [2.24, 2.45) is 0 Å². The van der Waals surface area contributed by atoms with E-state index in [1.807, 2.05) is 0 Å². The summed E-state index contributed by atoms with van der Waals surface area (Å²) >= 11 is 0. The number of nitrogens with zero attached hydrogens (tertiary/aromatic N) is 2. The van der Waals surface area contributed by atoms with Crippen LogP contribution in [-0.4, -0.2) is 57.1 Å². The molecule has 0 aliphatic carbocycles. The number of methoxy groups -OCH3 is 2. The van der Waals surface area contributed by atoms with Gasteiger partial charge in [0.05, 0.1) is 38.6 Å². The Morgan fingerprint density at radius 3 is 2.41 bits per heavy atom. The first-order valence-corrected chi connectivity index (χ1v) is 9.64. The number of carbonyl (C=O) groups excluding carboxylic acids is 3. The molecule has 0 atom stereocenters. The van der Waals surface area contributed by atoms with Gasteiger partial charge in [-0.15, -0.1) is 0 Å². The molecule has 0 saturated carbocycles. The normalized spacial score (nSPS) is 13.4. The van der Waals surface area contributed by atoms with Gasteiger partial charge in [-0.25, -0.2) is 19.4 Å². The minimum Gasteiger partial charge on any atom is -0.466 e. The summed E-state index contributed by atoms with van der Waals surface area (Å²) in [6.07, 6.45) is 1.45. The highest BCUT2D eigenvalue weighted by molar-refractivity contribution is 6.03. The van der Waals surface area contributed by atoms with E-state index in [2.05, 4.69) is 4.98 Å². The Labute approximate surface area is 184 Å². The third-order valence-corrected chi connectivity index (χ3v) is 4.45. The Bertz CT molecular complexity index is 1030. The van der Waals surface area contributed by atoms with Crippen molar-refractivity contribution in [2.75, 3.05) is 39.1 Å². The molecule has 0 spiro atoms. The van der Waals surface area contributed by atoms with Crippen LogP contribution in [0.3, 0.4) is 0 Å². The van der Waals surface area contributed by atoms with Crippen molar-refractivity contribution in [2.45, 2.75) is 6.92 Å². The van der Waals surface area contributed by atoms with E-state index in [0.29, 0.717) is 17.0 Å². The van der Waals surface area contributed by atoms with Gasteiger partial charge in [-0.2, -0.15) is 0 Å². The van der Waals surface area contributed by atoms with Crippen molar-refractivity contribution in [3.05, 3.63) is 59.4 Å². The molecule has 1 aromatic carbocycles. The van der Waals surface area contributed by atoms with Gasteiger partial charge in [0, 0.05) is 18.0 Å². The molecule has 2 aromatic rings. The number of carbonyl (C=O) groups is 3. The van der Waals surface area contributed by atoms with Crippen molar-refractivity contribution in [1.29, 1.82) is 0 Å². The van der Waals surface area contributed by atoms with Gasteiger partial charge in [0.15, 0.2) is 0 Å². The number of hydrogen-bond acceptors (Lipinski definition) is 10. The summed E-state index contributed by atoms with van der Waals surface area (Å²) in [4.78, 5) is 41.9. The average molecular weight is 442 g/mol. The summed E-state index contributed by atoms with van der Waals surface area (Å²) < 4.78 is 25.7. The van der Waals surface area contributed by atoms with Gasteiger partial charge in [-0.1, -0.05) is 0 Å². The van der Waals surface area contributed by atoms with Crippen LogP contribution in [0.5, 0.6) is 11.6 Å². The zero-order chi connectivity index (χ0) is 23.1. The van der Waals surface area contributed by atoms with Crippen molar-refractivity contribution in [3.8, 4) is 11.6 Å². The molecule has 0 fully saturated rings. The number of pyridine rings is 1. The van der Waals surface area contributed by atoms with Gasteiger partial charge in [0.25, 0.3) is 0 Å². The topological polar surface area (TPSA) is 113 Å². The lowest BCUT2D eigenvalue weighted by molar-refractivity contribution is -0.140. The quantitative estimate of drug-likeness (QED) is 0.468. The van der Waals surface area contributed by atoms with E-state index < -0.39 is 17.9 Å². The molecule has 168 valence electrons. The number of rotatable bonds is 7. The van der Waals surface area contributed by atoms with Crippen LogP contribution in [0.2, 0.25) is 0 Å². The fourth-order valence-electron chi connectivity index (χ4n) is 2.97. The van der Waals surface area contributed by atoms with Crippen LogP contribution in [0.15, 0.2) is 53.9 Å². The Morgan fingerprint density at radius 2 is 1.75 bits per heavy atom. The first kappa shape index (κ1) is 22.8. The number of esters is 3. The highest BCUT2D eigenvalue weighted by Gasteiger charge is 2.32. The number of ether oxygens (including phenoxy) is 5. The minimum absolute atomic E-state index is 0.0360. The Kier molecular flexibility index (Phi) is 7.40. The maximum Gasteiger partial charge on any atom is 0.355 e. The van der Waals surface area contributed by atoms with Gasteiger partial charge in [0.2, 0.25) is 5.88 Å². The molecule has 1 aromatic heterocycles. The minimum atomic E-state index is -0.686. The molecule has 10 nitrogen and oxygen atoms in total. The second-order valence-electron chi connectivity index (χ2n) is 6.42. The van der Waals surface area contributed by atoms with Gasteiger partial charge in [-0.05, 0) is 37.3 Å². The SMILES string of the molecule is CCOC(=O)c1ccnc(Oc2ccc(N3COCC(C(=O)OC)=C3C(=O)OC)cc2)c1. The van der Waals surface area contributed by atoms with Crippen LogP contribution >= 0.6 is 0 Å². The molecule has 0 unspecified atom stereocenters. The molecule has 2 heterocycles. The number of hydrogen-bond donors (Lipinski definition) is 0. The third-order valence-electron chi connectivity index (χ3n) is 4.45. The maximum absolute atomic E-state index is 12.4. The van der Waals surface area contributed by atoms with Crippen LogP contribution in [0.4, 0.5) is 5.69 Å². The van der Waals surface area contributed by atoms with Crippen molar-refractivity contribution < 1.29 is 38.1 Å². The van der Waals surface area contributed by atoms with Crippen LogP contribution in [0.25, 0.3) is 0 Å². The van der Waals surface area contributed by atoms with Crippen LogP contribution in [-0.2, 0) is 28.5 Å². The van der Waals surface area contributed by atoms with Crippen LogP contribution in [0.1, 0.15) is 17.3 Å². The average Bonchev–Trinajstić information content (AvgIpc) is 2.83. The highest BCUT2D eigenvalue weighted by Crippen LogP contribution is 2.29. The highest BCUT2D eigenvalue weighted by atomic mass is 16.5. The summed E-state index contributed by atoms with van der Waals surface area (Å²) in [5, 5.41) is 0. The summed E-state index contributed by atoms with van der Waals surface area (Å²) in [6, 6.07) is 9.66. The molecular formula is C22H22N2O8. The molecule has 0 saturated heterocycles. The van der Waals surface area contributed by atoms with Gasteiger partial charge in [0.1, 0.15) is 18.2 Å². The second kappa shape index (κ2) is 10.4. The molecule has 0 radical (unpaired) electrons. The molecule has 3 rings (SSSR count). The molecule has 1 aliphatic rings. The van der Waals surface area contributed by atoms with Crippen molar-refractivity contribution in [1.82, 2.24) is 4.98 Å². The lowest BCUT2D eigenvalue weighted by Gasteiger charge is -2.31. The standard InChI is InChI=1S/C22H22N2O8/c1-4-31-20(25)14-9-10-23-18(11-14)32-16-7-5-15(6-8-16)24-13-30-12-17(21(26)28-2)19(24)22(27)29-3/h5-11H,4,12-13H2,1-3H3. The van der Waals surface area contributed by atoms with E-state index in [-0.39, 0.29) is 37.1 Å². The summed E-state index contributed by atoms with van der Waals surface area (Å²) in [7, 11) is 2.45. The van der Waals surface area contributed by atoms with Crippen molar-refractivity contribution in [3.63, 3.8) is 0 Å². The summed E-state index contributed by atoms with van der Waals surface area (Å²) in [5.74, 6) is -1.18. The number of anilines is 1. The summed E-state index contributed by atoms with van der Waals surface area (Å²) in [6.45, 7) is 1.95. The fourth-order valence-corrected chi connectivity index (χ4v) is 2.97. The lowest BCUT2D eigenvalue weighted by Crippen LogP contribution is -2.38. The van der Waals surface area contributed by atoms with E-state index in [1.54, 1.807) is 31.2 Å². The molecule has 0 bridgehead atoms. The first-order chi connectivity index (χ1) is 15.5. The van der Waals surface area contributed by atoms with E-state index in [4.69, 9.17) is 23.7 Å². The van der Waals surface area contributed by atoms with Gasteiger partial charge < -0.3 is 28.6 Å². The predicted octanol–water partition coefficient (Wildman–Crippen LogP) is 2.44. The maximum atomic E-state index is 12.4. The largest absolute Gasteiger partial charge is 0.466 e. The molecule has 10 heteroatoms. The Morgan fingerprint density at radius 1 is 1.03 bits per heavy atom. The smallest absolute Gasteiger partial charge is 0.355 e. The number of benzene rings is 1. The molecule has 32 heavy (non-hydrogen) atoms. The molecule has 0 N–H and O–H groups in total. The third kappa shape index (κ3) is 5.03. The zero-order valence-electron chi connectivity index (χ0n) is 17.8. The van der Waals surface area contributed by atoms with E-state index >= 15 is 0 Å².